The van der Waals surface area contributed by atoms with Crippen molar-refractivity contribution >= 4 is 5.97 Å². The molecule has 1 aliphatic heterocycles. The van der Waals surface area contributed by atoms with Crippen LogP contribution < -0.4 is 0 Å². The Bertz CT molecular complexity index is 218. The van der Waals surface area contributed by atoms with Crippen LogP contribution in [-0.2, 0) is 9.53 Å². The van der Waals surface area contributed by atoms with Gasteiger partial charge in [-0.25, -0.2) is 0 Å². The first-order valence-corrected chi connectivity index (χ1v) is 5.56. The molecule has 3 atom stereocenters. The number of nitrogens with zero attached hydrogens (tertiary/aromatic N) is 1. The van der Waals surface area contributed by atoms with E-state index in [1.54, 1.807) is 0 Å². The summed E-state index contributed by atoms with van der Waals surface area (Å²) in [5.41, 5.74) is 0. The average molecular weight is 215 g/mol. The molecule has 15 heavy (non-hydrogen) atoms. The lowest BCUT2D eigenvalue weighted by Gasteiger charge is -2.36. The molecular formula is C11H21NO3. The van der Waals surface area contributed by atoms with E-state index in [1.165, 1.54) is 7.11 Å². The first-order valence-electron chi connectivity index (χ1n) is 5.56. The number of rotatable bonds is 3. The molecule has 0 bridgehead atoms. The van der Waals surface area contributed by atoms with Crippen molar-refractivity contribution in [2.24, 2.45) is 5.92 Å². The van der Waals surface area contributed by atoms with Crippen molar-refractivity contribution in [3.8, 4) is 0 Å². The van der Waals surface area contributed by atoms with Crippen molar-refractivity contribution in [2.75, 3.05) is 20.2 Å². The number of hydrogen-bond donors (Lipinski definition) is 1. The summed E-state index contributed by atoms with van der Waals surface area (Å²) in [6.07, 6.45) is 1.79. The Labute approximate surface area is 91.2 Å². The van der Waals surface area contributed by atoms with Crippen LogP contribution in [0.5, 0.6) is 0 Å². The van der Waals surface area contributed by atoms with Crippen LogP contribution in [0.3, 0.4) is 0 Å². The molecule has 4 heteroatoms. The van der Waals surface area contributed by atoms with E-state index >= 15 is 0 Å². The lowest BCUT2D eigenvalue weighted by molar-refractivity contribution is -0.147. The Morgan fingerprint density at radius 2 is 2.20 bits per heavy atom. The van der Waals surface area contributed by atoms with Gasteiger partial charge in [0.25, 0.3) is 0 Å². The molecular weight excluding hydrogens is 194 g/mol. The van der Waals surface area contributed by atoms with Gasteiger partial charge in [0, 0.05) is 6.54 Å². The summed E-state index contributed by atoms with van der Waals surface area (Å²) in [4.78, 5) is 13.5. The van der Waals surface area contributed by atoms with Crippen LogP contribution in [0.25, 0.3) is 0 Å². The Hall–Kier alpha value is -0.610. The maximum absolute atomic E-state index is 11.4. The third kappa shape index (κ3) is 3.18. The van der Waals surface area contributed by atoms with Gasteiger partial charge in [-0.3, -0.25) is 9.69 Å². The average Bonchev–Trinajstić information content (AvgIpc) is 2.27. The Balaban J connectivity index is 2.52. The fourth-order valence-electron chi connectivity index (χ4n) is 2.11. The summed E-state index contributed by atoms with van der Waals surface area (Å²) in [7, 11) is 1.41. The van der Waals surface area contributed by atoms with Crippen LogP contribution in [0, 0.1) is 5.92 Å². The third-order valence-electron chi connectivity index (χ3n) is 3.26. The number of piperidine rings is 1. The van der Waals surface area contributed by atoms with Crippen molar-refractivity contribution in [3.05, 3.63) is 0 Å². The van der Waals surface area contributed by atoms with Gasteiger partial charge < -0.3 is 9.84 Å². The molecule has 0 aromatic heterocycles. The fourth-order valence-corrected chi connectivity index (χ4v) is 2.11. The highest BCUT2D eigenvalue weighted by molar-refractivity contribution is 5.75. The van der Waals surface area contributed by atoms with Crippen molar-refractivity contribution in [2.45, 2.75) is 38.8 Å². The Kier molecular flexibility index (Phi) is 4.54. The van der Waals surface area contributed by atoms with E-state index in [2.05, 4.69) is 4.90 Å². The molecule has 0 aromatic carbocycles. The molecule has 0 spiro atoms. The standard InChI is InChI=1S/C11H21NO3/c1-8(11(14)15-3)12-6-4-5-10(7-12)9(2)13/h8-10,13H,4-7H2,1-3H3. The number of ether oxygens (including phenoxy) is 1. The van der Waals surface area contributed by atoms with E-state index in [1.807, 2.05) is 13.8 Å². The molecule has 1 fully saturated rings. The summed E-state index contributed by atoms with van der Waals surface area (Å²) in [6.45, 7) is 5.38. The zero-order valence-electron chi connectivity index (χ0n) is 9.77. The first-order chi connectivity index (χ1) is 7.06. The van der Waals surface area contributed by atoms with Crippen molar-refractivity contribution in [1.82, 2.24) is 4.90 Å². The number of carbonyl (C=O) groups is 1. The second kappa shape index (κ2) is 5.47. The maximum Gasteiger partial charge on any atom is 0.322 e. The van der Waals surface area contributed by atoms with Crippen LogP contribution in [0.1, 0.15) is 26.7 Å². The molecule has 1 aliphatic rings. The largest absolute Gasteiger partial charge is 0.468 e. The summed E-state index contributed by atoms with van der Waals surface area (Å²) >= 11 is 0. The molecule has 0 aliphatic carbocycles. The van der Waals surface area contributed by atoms with E-state index in [-0.39, 0.29) is 24.0 Å². The van der Waals surface area contributed by atoms with Crippen LogP contribution in [0.15, 0.2) is 0 Å². The second-order valence-electron chi connectivity index (χ2n) is 4.34. The zero-order chi connectivity index (χ0) is 11.4. The molecule has 1 saturated heterocycles. The minimum atomic E-state index is -0.294. The summed E-state index contributed by atoms with van der Waals surface area (Å²) in [5.74, 6) is 0.0899. The lowest BCUT2D eigenvalue weighted by atomic mass is 9.92. The smallest absolute Gasteiger partial charge is 0.322 e. The van der Waals surface area contributed by atoms with Gasteiger partial charge in [0.15, 0.2) is 0 Å². The molecule has 0 saturated carbocycles. The number of aliphatic hydroxyl groups excluding tert-OH is 1. The Morgan fingerprint density at radius 3 is 2.73 bits per heavy atom. The number of esters is 1. The molecule has 1 rings (SSSR count). The van der Waals surface area contributed by atoms with Crippen LogP contribution in [0.2, 0.25) is 0 Å². The monoisotopic (exact) mass is 215 g/mol. The molecule has 3 unspecified atom stereocenters. The van der Waals surface area contributed by atoms with Crippen LogP contribution in [-0.4, -0.2) is 48.3 Å². The highest BCUT2D eigenvalue weighted by atomic mass is 16.5. The SMILES string of the molecule is COC(=O)C(C)N1CCCC(C(C)O)C1. The van der Waals surface area contributed by atoms with Gasteiger partial charge in [-0.1, -0.05) is 0 Å². The van der Waals surface area contributed by atoms with Gasteiger partial charge in [-0.05, 0) is 39.2 Å². The van der Waals surface area contributed by atoms with Crippen molar-refractivity contribution in [1.29, 1.82) is 0 Å². The quantitative estimate of drug-likeness (QED) is 0.702. The van der Waals surface area contributed by atoms with Crippen molar-refractivity contribution in [3.63, 3.8) is 0 Å². The molecule has 88 valence electrons. The zero-order valence-corrected chi connectivity index (χ0v) is 9.77. The molecule has 4 nitrogen and oxygen atoms in total. The molecule has 0 aromatic rings. The van der Waals surface area contributed by atoms with Gasteiger partial charge in [-0.15, -0.1) is 0 Å². The van der Waals surface area contributed by atoms with E-state index < -0.39 is 0 Å². The fraction of sp³-hybridized carbons (Fsp3) is 0.909. The van der Waals surface area contributed by atoms with Crippen LogP contribution in [0.4, 0.5) is 0 Å². The topological polar surface area (TPSA) is 49.8 Å². The summed E-state index contributed by atoms with van der Waals surface area (Å²) < 4.78 is 4.72. The van der Waals surface area contributed by atoms with Gasteiger partial charge >= 0.3 is 5.97 Å². The van der Waals surface area contributed by atoms with E-state index in [4.69, 9.17) is 4.74 Å². The summed E-state index contributed by atoms with van der Waals surface area (Å²) in [6, 6.07) is -0.198. The number of hydrogen-bond acceptors (Lipinski definition) is 4. The normalized spacial score (nSPS) is 27.1. The lowest BCUT2D eigenvalue weighted by Crippen LogP contribution is -2.47. The summed E-state index contributed by atoms with van der Waals surface area (Å²) in [5, 5.41) is 9.53. The molecule has 0 radical (unpaired) electrons. The van der Waals surface area contributed by atoms with Gasteiger partial charge in [0.1, 0.15) is 6.04 Å². The predicted molar refractivity (Wildman–Crippen MR) is 57.5 cm³/mol. The van der Waals surface area contributed by atoms with Gasteiger partial charge in [-0.2, -0.15) is 0 Å². The highest BCUT2D eigenvalue weighted by Gasteiger charge is 2.29. The van der Waals surface area contributed by atoms with E-state index in [0.29, 0.717) is 0 Å². The predicted octanol–water partition coefficient (Wildman–Crippen LogP) is 0.641. The number of carbonyl (C=O) groups excluding carboxylic acids is 1. The molecule has 1 heterocycles. The second-order valence-corrected chi connectivity index (χ2v) is 4.34. The first kappa shape index (κ1) is 12.5. The number of methoxy groups -OCH3 is 1. The Morgan fingerprint density at radius 1 is 1.53 bits per heavy atom. The van der Waals surface area contributed by atoms with E-state index in [9.17, 15) is 9.90 Å². The van der Waals surface area contributed by atoms with Gasteiger partial charge in [0.05, 0.1) is 13.2 Å². The minimum absolute atomic E-state index is 0.193. The number of likely N-dealkylation sites (tertiary alicyclic amines) is 1. The molecule has 0 amide bonds. The van der Waals surface area contributed by atoms with Crippen molar-refractivity contribution < 1.29 is 14.6 Å². The third-order valence-corrected chi connectivity index (χ3v) is 3.26. The minimum Gasteiger partial charge on any atom is -0.468 e. The van der Waals surface area contributed by atoms with Gasteiger partial charge in [0.2, 0.25) is 0 Å². The van der Waals surface area contributed by atoms with E-state index in [0.717, 1.165) is 25.9 Å². The van der Waals surface area contributed by atoms with Crippen LogP contribution >= 0.6 is 0 Å². The molecule has 1 N–H and O–H groups in total. The number of aliphatic hydroxyl groups is 1. The maximum atomic E-state index is 11.4. The highest BCUT2D eigenvalue weighted by Crippen LogP contribution is 2.21.